The third kappa shape index (κ3) is 2.96. The standard InChI is InChI=1S/C16H23N3O/c1-19-10-8-13(9-11-19)17-16(20)15-7-6-12-4-2-3-5-14(12)18-15/h2-5,13,15,18H,6-11H2,1H3,(H,17,20). The first-order valence-electron chi connectivity index (χ1n) is 7.56. The van der Waals surface area contributed by atoms with E-state index in [2.05, 4.69) is 40.8 Å². The predicted molar refractivity (Wildman–Crippen MR) is 80.8 cm³/mol. The molecule has 4 heteroatoms. The lowest BCUT2D eigenvalue weighted by Crippen LogP contribution is -2.49. The molecule has 20 heavy (non-hydrogen) atoms. The van der Waals surface area contributed by atoms with Crippen molar-refractivity contribution in [3.8, 4) is 0 Å². The summed E-state index contributed by atoms with van der Waals surface area (Å²) in [5.74, 6) is 0.161. The van der Waals surface area contributed by atoms with Crippen molar-refractivity contribution in [2.24, 2.45) is 0 Å². The molecule has 0 aromatic heterocycles. The Hall–Kier alpha value is -1.55. The second-order valence-corrected chi connectivity index (χ2v) is 5.98. The van der Waals surface area contributed by atoms with E-state index in [9.17, 15) is 4.79 Å². The van der Waals surface area contributed by atoms with Crippen LogP contribution in [-0.4, -0.2) is 43.0 Å². The van der Waals surface area contributed by atoms with Crippen LogP contribution in [0.25, 0.3) is 0 Å². The van der Waals surface area contributed by atoms with Crippen molar-refractivity contribution in [2.75, 3.05) is 25.5 Å². The zero-order valence-corrected chi connectivity index (χ0v) is 12.1. The van der Waals surface area contributed by atoms with Gasteiger partial charge < -0.3 is 15.5 Å². The minimum absolute atomic E-state index is 0.0791. The van der Waals surface area contributed by atoms with E-state index in [1.165, 1.54) is 5.56 Å². The molecule has 3 rings (SSSR count). The van der Waals surface area contributed by atoms with Crippen molar-refractivity contribution in [2.45, 2.75) is 37.8 Å². The summed E-state index contributed by atoms with van der Waals surface area (Å²) in [6.45, 7) is 2.15. The molecule has 4 nitrogen and oxygen atoms in total. The lowest BCUT2D eigenvalue weighted by atomic mass is 9.97. The first-order chi connectivity index (χ1) is 9.72. The topological polar surface area (TPSA) is 44.4 Å². The molecule has 1 aromatic rings. The van der Waals surface area contributed by atoms with Gasteiger partial charge in [-0.1, -0.05) is 18.2 Å². The molecule has 0 spiro atoms. The van der Waals surface area contributed by atoms with Crippen molar-refractivity contribution in [1.29, 1.82) is 0 Å². The molecule has 1 amide bonds. The van der Waals surface area contributed by atoms with Crippen LogP contribution in [0.3, 0.4) is 0 Å². The Labute approximate surface area is 120 Å². The average Bonchev–Trinajstić information content (AvgIpc) is 2.49. The number of benzene rings is 1. The van der Waals surface area contributed by atoms with E-state index in [-0.39, 0.29) is 11.9 Å². The minimum atomic E-state index is -0.0791. The number of anilines is 1. The SMILES string of the molecule is CN1CCC(NC(=O)C2CCc3ccccc3N2)CC1. The van der Waals surface area contributed by atoms with E-state index in [0.717, 1.165) is 44.5 Å². The summed E-state index contributed by atoms with van der Waals surface area (Å²) in [5.41, 5.74) is 2.43. The highest BCUT2D eigenvalue weighted by molar-refractivity contribution is 5.85. The summed E-state index contributed by atoms with van der Waals surface area (Å²) in [5, 5.41) is 6.58. The van der Waals surface area contributed by atoms with Crippen LogP contribution in [0.1, 0.15) is 24.8 Å². The number of fused-ring (bicyclic) bond motifs is 1. The molecule has 0 saturated carbocycles. The van der Waals surface area contributed by atoms with Crippen molar-refractivity contribution in [3.63, 3.8) is 0 Å². The first-order valence-corrected chi connectivity index (χ1v) is 7.56. The van der Waals surface area contributed by atoms with Gasteiger partial charge in [0.25, 0.3) is 0 Å². The van der Waals surface area contributed by atoms with Crippen molar-refractivity contribution in [3.05, 3.63) is 29.8 Å². The third-order valence-electron chi connectivity index (χ3n) is 4.43. The molecule has 0 radical (unpaired) electrons. The van der Waals surface area contributed by atoms with E-state index >= 15 is 0 Å². The first kappa shape index (κ1) is 13.4. The van der Waals surface area contributed by atoms with Crippen LogP contribution in [-0.2, 0) is 11.2 Å². The van der Waals surface area contributed by atoms with Gasteiger partial charge in [0.15, 0.2) is 0 Å². The second-order valence-electron chi connectivity index (χ2n) is 5.98. The maximum absolute atomic E-state index is 12.4. The highest BCUT2D eigenvalue weighted by Gasteiger charge is 2.26. The zero-order valence-electron chi connectivity index (χ0n) is 12.1. The van der Waals surface area contributed by atoms with Crippen molar-refractivity contribution < 1.29 is 4.79 Å². The second kappa shape index (κ2) is 5.83. The predicted octanol–water partition coefficient (Wildman–Crippen LogP) is 1.62. The summed E-state index contributed by atoms with van der Waals surface area (Å²) in [6, 6.07) is 8.53. The molecule has 1 saturated heterocycles. The van der Waals surface area contributed by atoms with Crippen LogP contribution in [0.4, 0.5) is 5.69 Å². The van der Waals surface area contributed by atoms with E-state index in [0.29, 0.717) is 6.04 Å². The fourth-order valence-corrected chi connectivity index (χ4v) is 3.09. The number of nitrogens with zero attached hydrogens (tertiary/aromatic N) is 1. The van der Waals surface area contributed by atoms with E-state index < -0.39 is 0 Å². The van der Waals surface area contributed by atoms with Gasteiger partial charge >= 0.3 is 0 Å². The molecule has 2 N–H and O–H groups in total. The van der Waals surface area contributed by atoms with Crippen LogP contribution >= 0.6 is 0 Å². The molecule has 108 valence electrons. The largest absolute Gasteiger partial charge is 0.373 e. The number of hydrogen-bond donors (Lipinski definition) is 2. The Morgan fingerprint density at radius 2 is 2.00 bits per heavy atom. The molecular formula is C16H23N3O. The Morgan fingerprint density at radius 1 is 1.25 bits per heavy atom. The van der Waals surface area contributed by atoms with E-state index in [1.807, 2.05) is 6.07 Å². The van der Waals surface area contributed by atoms with Gasteiger partial charge in [0, 0.05) is 11.7 Å². The monoisotopic (exact) mass is 273 g/mol. The maximum Gasteiger partial charge on any atom is 0.242 e. The summed E-state index contributed by atoms with van der Waals surface area (Å²) < 4.78 is 0. The highest BCUT2D eigenvalue weighted by atomic mass is 16.2. The van der Waals surface area contributed by atoms with Gasteiger partial charge in [-0.2, -0.15) is 0 Å². The molecule has 1 unspecified atom stereocenters. The smallest absolute Gasteiger partial charge is 0.242 e. The molecule has 0 aliphatic carbocycles. The summed E-state index contributed by atoms with van der Waals surface area (Å²) in [4.78, 5) is 14.7. The molecule has 1 fully saturated rings. The molecule has 2 heterocycles. The lowest BCUT2D eigenvalue weighted by molar-refractivity contribution is -0.123. The number of aryl methyl sites for hydroxylation is 1. The van der Waals surface area contributed by atoms with Gasteiger partial charge in [-0.3, -0.25) is 4.79 Å². The van der Waals surface area contributed by atoms with E-state index in [4.69, 9.17) is 0 Å². The Balaban J connectivity index is 1.56. The zero-order chi connectivity index (χ0) is 13.9. The van der Waals surface area contributed by atoms with Crippen LogP contribution in [0.5, 0.6) is 0 Å². The Bertz CT molecular complexity index is 480. The number of hydrogen-bond acceptors (Lipinski definition) is 3. The van der Waals surface area contributed by atoms with Gasteiger partial charge in [0.1, 0.15) is 6.04 Å². The molecule has 1 atom stereocenters. The third-order valence-corrected chi connectivity index (χ3v) is 4.43. The number of piperidine rings is 1. The fourth-order valence-electron chi connectivity index (χ4n) is 3.09. The maximum atomic E-state index is 12.4. The number of amides is 1. The van der Waals surface area contributed by atoms with Crippen LogP contribution in [0, 0.1) is 0 Å². The summed E-state index contributed by atoms with van der Waals surface area (Å²) >= 11 is 0. The molecule has 2 aliphatic rings. The van der Waals surface area contributed by atoms with E-state index in [1.54, 1.807) is 0 Å². The summed E-state index contributed by atoms with van der Waals surface area (Å²) in [6.07, 6.45) is 3.99. The molecule has 2 aliphatic heterocycles. The minimum Gasteiger partial charge on any atom is -0.373 e. The number of likely N-dealkylation sites (tertiary alicyclic amines) is 1. The average molecular weight is 273 g/mol. The molecule has 1 aromatic carbocycles. The van der Waals surface area contributed by atoms with Crippen LogP contribution in [0.2, 0.25) is 0 Å². The number of carbonyl (C=O) groups excluding carboxylic acids is 1. The van der Waals surface area contributed by atoms with Crippen LogP contribution in [0.15, 0.2) is 24.3 Å². The number of rotatable bonds is 2. The van der Waals surface area contributed by atoms with Gasteiger partial charge in [-0.15, -0.1) is 0 Å². The van der Waals surface area contributed by atoms with Gasteiger partial charge in [-0.05, 0) is 57.5 Å². The van der Waals surface area contributed by atoms with Crippen molar-refractivity contribution in [1.82, 2.24) is 10.2 Å². The Morgan fingerprint density at radius 3 is 2.80 bits per heavy atom. The van der Waals surface area contributed by atoms with Gasteiger partial charge in [-0.25, -0.2) is 0 Å². The normalized spacial score (nSPS) is 23.8. The van der Waals surface area contributed by atoms with Gasteiger partial charge in [0.2, 0.25) is 5.91 Å². The van der Waals surface area contributed by atoms with Gasteiger partial charge in [0.05, 0.1) is 0 Å². The molecular weight excluding hydrogens is 250 g/mol. The summed E-state index contributed by atoms with van der Waals surface area (Å²) in [7, 11) is 2.14. The van der Waals surface area contributed by atoms with Crippen LogP contribution < -0.4 is 10.6 Å². The number of para-hydroxylation sites is 1. The number of nitrogens with one attached hydrogen (secondary N) is 2. The fraction of sp³-hybridized carbons (Fsp3) is 0.562. The lowest BCUT2D eigenvalue weighted by Gasteiger charge is -2.32. The Kier molecular flexibility index (Phi) is 3.92. The number of carbonyl (C=O) groups is 1. The molecule has 0 bridgehead atoms. The highest BCUT2D eigenvalue weighted by Crippen LogP contribution is 2.24. The van der Waals surface area contributed by atoms with Crippen molar-refractivity contribution >= 4 is 11.6 Å². The quantitative estimate of drug-likeness (QED) is 0.860.